The van der Waals surface area contributed by atoms with Gasteiger partial charge in [-0.2, -0.15) is 0 Å². The normalized spacial score (nSPS) is 21.9. The molecule has 1 aromatic heterocycles. The average molecular weight is 407 g/mol. The highest BCUT2D eigenvalue weighted by molar-refractivity contribution is 6.30. The van der Waals surface area contributed by atoms with Gasteiger partial charge in [0, 0.05) is 42.1 Å². The molecule has 3 heterocycles. The molecule has 2 atom stereocenters. The molecule has 0 spiro atoms. The van der Waals surface area contributed by atoms with Crippen LogP contribution in [0.5, 0.6) is 0 Å². The van der Waals surface area contributed by atoms with E-state index in [-0.39, 0.29) is 11.6 Å². The van der Waals surface area contributed by atoms with E-state index in [0.29, 0.717) is 22.7 Å². The number of nitrogens with two attached hydrogens (primary N) is 1. The maximum atomic E-state index is 13.0. The molecule has 0 bridgehead atoms. The number of primary amides is 1. The molecule has 3 aliphatic rings. The molecular weight excluding hydrogens is 388 g/mol. The fourth-order valence-electron chi connectivity index (χ4n) is 4.32. The smallest absolute Gasteiger partial charge is 0.260 e. The van der Waals surface area contributed by atoms with E-state index < -0.39 is 11.9 Å². The van der Waals surface area contributed by atoms with Gasteiger partial charge in [-0.3, -0.25) is 9.59 Å². The van der Waals surface area contributed by atoms with E-state index in [0.717, 1.165) is 22.4 Å². The number of benzene rings is 1. The molecule has 6 nitrogen and oxygen atoms in total. The van der Waals surface area contributed by atoms with Crippen LogP contribution in [0.15, 0.2) is 64.7 Å². The van der Waals surface area contributed by atoms with Crippen LogP contribution in [0.2, 0.25) is 5.02 Å². The van der Waals surface area contributed by atoms with Crippen LogP contribution in [-0.2, 0) is 11.8 Å². The minimum atomic E-state index is -0.572. The summed E-state index contributed by atoms with van der Waals surface area (Å²) in [5.74, 6) is -0.437. The third kappa shape index (κ3) is 2.71. The first kappa shape index (κ1) is 17.8. The third-order valence-electron chi connectivity index (χ3n) is 5.77. The van der Waals surface area contributed by atoms with Crippen molar-refractivity contribution in [2.45, 2.75) is 18.5 Å². The van der Waals surface area contributed by atoms with E-state index in [4.69, 9.17) is 17.3 Å². The summed E-state index contributed by atoms with van der Waals surface area (Å²) in [5, 5.41) is 3.92. The molecule has 2 aromatic rings. The fraction of sp³-hybridized carbons (Fsp3) is 0.182. The predicted molar refractivity (Wildman–Crippen MR) is 114 cm³/mol. The fourth-order valence-corrected chi connectivity index (χ4v) is 4.45. The van der Waals surface area contributed by atoms with E-state index in [1.54, 1.807) is 17.8 Å². The molecule has 29 heavy (non-hydrogen) atoms. The van der Waals surface area contributed by atoms with Crippen molar-refractivity contribution in [2.24, 2.45) is 12.8 Å². The van der Waals surface area contributed by atoms with Gasteiger partial charge in [-0.05, 0) is 41.5 Å². The first-order valence-electron chi connectivity index (χ1n) is 9.38. The molecule has 5 rings (SSSR count). The lowest BCUT2D eigenvalue weighted by molar-refractivity contribution is -0.120. The van der Waals surface area contributed by atoms with Gasteiger partial charge in [0.05, 0.1) is 17.3 Å². The SMILES string of the molecule is Cn1ccc2c(c1=O)C1=C3C(=CN(c4ccc(Cl)cc4)C3CC(C(N)=O)N1)C=C2. The number of amides is 1. The van der Waals surface area contributed by atoms with Gasteiger partial charge in [-0.1, -0.05) is 23.8 Å². The number of allylic oxidation sites excluding steroid dienone is 1. The summed E-state index contributed by atoms with van der Waals surface area (Å²) in [7, 11) is 1.72. The number of halogens is 1. The number of aromatic nitrogens is 1. The van der Waals surface area contributed by atoms with E-state index in [9.17, 15) is 9.59 Å². The number of rotatable bonds is 2. The molecule has 1 amide bonds. The number of fused-ring (bicyclic) bond motifs is 2. The summed E-state index contributed by atoms with van der Waals surface area (Å²) >= 11 is 6.06. The second-order valence-electron chi connectivity index (χ2n) is 7.50. The van der Waals surface area contributed by atoms with Crippen molar-refractivity contribution in [3.63, 3.8) is 0 Å². The molecule has 2 unspecified atom stereocenters. The molecule has 7 heteroatoms. The molecule has 1 aliphatic carbocycles. The summed E-state index contributed by atoms with van der Waals surface area (Å²) in [5.41, 5.74) is 10.6. The quantitative estimate of drug-likeness (QED) is 0.802. The molecule has 0 fully saturated rings. The van der Waals surface area contributed by atoms with Crippen LogP contribution >= 0.6 is 11.6 Å². The molecule has 1 aromatic carbocycles. The van der Waals surface area contributed by atoms with Crippen LogP contribution in [0.25, 0.3) is 11.8 Å². The van der Waals surface area contributed by atoms with Crippen molar-refractivity contribution in [1.29, 1.82) is 0 Å². The molecule has 2 aliphatic heterocycles. The van der Waals surface area contributed by atoms with Crippen LogP contribution in [0.4, 0.5) is 5.69 Å². The van der Waals surface area contributed by atoms with Crippen molar-refractivity contribution < 1.29 is 4.79 Å². The Morgan fingerprint density at radius 1 is 1.21 bits per heavy atom. The van der Waals surface area contributed by atoms with Crippen LogP contribution in [0.3, 0.4) is 0 Å². The summed E-state index contributed by atoms with van der Waals surface area (Å²) in [4.78, 5) is 27.3. The highest BCUT2D eigenvalue weighted by Gasteiger charge is 2.41. The number of nitrogens with zero attached hydrogens (tertiary/aromatic N) is 2. The molecule has 146 valence electrons. The van der Waals surface area contributed by atoms with Gasteiger partial charge >= 0.3 is 0 Å². The van der Waals surface area contributed by atoms with Crippen molar-refractivity contribution in [3.8, 4) is 0 Å². The number of carbonyl (C=O) groups is 1. The van der Waals surface area contributed by atoms with Crippen LogP contribution in [0.1, 0.15) is 17.5 Å². The van der Waals surface area contributed by atoms with Crippen molar-refractivity contribution in [2.75, 3.05) is 4.90 Å². The first-order valence-corrected chi connectivity index (χ1v) is 9.76. The number of anilines is 1. The van der Waals surface area contributed by atoms with Gasteiger partial charge in [0.2, 0.25) is 5.91 Å². The van der Waals surface area contributed by atoms with E-state index in [2.05, 4.69) is 16.4 Å². The Bertz CT molecular complexity index is 1190. The highest BCUT2D eigenvalue weighted by atomic mass is 35.5. The lowest BCUT2D eigenvalue weighted by Gasteiger charge is -2.36. The lowest BCUT2D eigenvalue weighted by Crippen LogP contribution is -2.50. The maximum absolute atomic E-state index is 13.0. The van der Waals surface area contributed by atoms with Crippen molar-refractivity contribution in [3.05, 3.63) is 86.5 Å². The second kappa shape index (κ2) is 6.39. The Balaban J connectivity index is 1.74. The molecule has 0 saturated carbocycles. The van der Waals surface area contributed by atoms with Gasteiger partial charge in [-0.15, -0.1) is 0 Å². The molecular formula is C22H19ClN4O2. The molecule has 0 radical (unpaired) electrons. The highest BCUT2D eigenvalue weighted by Crippen LogP contribution is 2.43. The van der Waals surface area contributed by atoms with Crippen molar-refractivity contribution in [1.82, 2.24) is 9.88 Å². The van der Waals surface area contributed by atoms with Gasteiger partial charge in [0.1, 0.15) is 6.04 Å². The zero-order chi connectivity index (χ0) is 20.3. The lowest BCUT2D eigenvalue weighted by atomic mass is 9.88. The number of nitrogens with one attached hydrogen (secondary N) is 1. The summed E-state index contributed by atoms with van der Waals surface area (Å²) in [6.45, 7) is 0. The third-order valence-corrected chi connectivity index (χ3v) is 6.02. The first-order chi connectivity index (χ1) is 13.9. The Kier molecular flexibility index (Phi) is 3.93. The largest absolute Gasteiger partial charge is 0.373 e. The van der Waals surface area contributed by atoms with Crippen LogP contribution < -0.4 is 21.5 Å². The molecule has 3 N–H and O–H groups in total. The molecule has 0 saturated heterocycles. The second-order valence-corrected chi connectivity index (χ2v) is 7.94. The van der Waals surface area contributed by atoms with Gasteiger partial charge in [-0.25, -0.2) is 0 Å². The Morgan fingerprint density at radius 3 is 2.69 bits per heavy atom. The zero-order valence-corrected chi connectivity index (χ0v) is 16.5. The summed E-state index contributed by atoms with van der Waals surface area (Å²) in [6, 6.07) is 8.80. The Hall–Kier alpha value is -3.25. The van der Waals surface area contributed by atoms with E-state index in [1.165, 1.54) is 0 Å². The number of pyridine rings is 1. The minimum absolute atomic E-state index is 0.111. The maximum Gasteiger partial charge on any atom is 0.260 e. The number of carbonyl (C=O) groups excluding carboxylic acids is 1. The summed E-state index contributed by atoms with van der Waals surface area (Å²) < 4.78 is 1.55. The van der Waals surface area contributed by atoms with Gasteiger partial charge in [0.15, 0.2) is 0 Å². The monoisotopic (exact) mass is 406 g/mol. The standard InChI is InChI=1S/C22H19ClN4O2/c1-26-9-8-12-2-3-13-11-27(15-6-4-14(23)5-7-15)17-10-16(21(24)28)25-20(18(13)17)19(12)22(26)29/h2-9,11,16-17,25H,10H2,1H3,(H2,24,28). The number of aryl methyl sites for hydroxylation is 1. The van der Waals surface area contributed by atoms with Gasteiger partial charge in [0.25, 0.3) is 5.56 Å². The van der Waals surface area contributed by atoms with E-state index >= 15 is 0 Å². The number of hydrogen-bond donors (Lipinski definition) is 2. The van der Waals surface area contributed by atoms with E-state index in [1.807, 2.05) is 42.5 Å². The zero-order valence-electron chi connectivity index (χ0n) is 15.7. The predicted octanol–water partition coefficient (Wildman–Crippen LogP) is 2.40. The average Bonchev–Trinajstić information content (AvgIpc) is 2.99. The van der Waals surface area contributed by atoms with Gasteiger partial charge < -0.3 is 20.5 Å². The van der Waals surface area contributed by atoms with Crippen LogP contribution in [-0.4, -0.2) is 22.6 Å². The van der Waals surface area contributed by atoms with Crippen molar-refractivity contribution >= 4 is 35.0 Å². The Labute approximate surface area is 172 Å². The minimum Gasteiger partial charge on any atom is -0.373 e. The van der Waals surface area contributed by atoms with Crippen LogP contribution in [0, 0.1) is 0 Å². The summed E-state index contributed by atoms with van der Waals surface area (Å²) in [6.07, 6.45) is 8.28. The Morgan fingerprint density at radius 2 is 1.97 bits per heavy atom. The number of hydrogen-bond acceptors (Lipinski definition) is 4. The topological polar surface area (TPSA) is 80.4 Å².